The van der Waals surface area contributed by atoms with Crippen molar-refractivity contribution < 1.29 is 14.3 Å². The van der Waals surface area contributed by atoms with Crippen LogP contribution in [0.25, 0.3) is 0 Å². The van der Waals surface area contributed by atoms with Gasteiger partial charge in [-0.25, -0.2) is 0 Å². The Morgan fingerprint density at radius 2 is 2.00 bits per heavy atom. The molecule has 6 heteroatoms. The molecule has 1 aromatic carbocycles. The molecule has 2 heterocycles. The van der Waals surface area contributed by atoms with E-state index in [4.69, 9.17) is 9.47 Å². The number of anilines is 1. The summed E-state index contributed by atoms with van der Waals surface area (Å²) in [6.45, 7) is 6.43. The fraction of sp³-hybridized carbons (Fsp3) is 0.412. The summed E-state index contributed by atoms with van der Waals surface area (Å²) in [5.74, 6) is 1.64. The van der Waals surface area contributed by atoms with Crippen molar-refractivity contribution in [2.24, 2.45) is 7.05 Å². The van der Waals surface area contributed by atoms with Gasteiger partial charge in [0.15, 0.2) is 11.5 Å². The zero-order valence-electron chi connectivity index (χ0n) is 13.8. The molecule has 2 aromatic rings. The van der Waals surface area contributed by atoms with Gasteiger partial charge in [0.25, 0.3) is 5.91 Å². The second kappa shape index (κ2) is 5.61. The van der Waals surface area contributed by atoms with E-state index in [0.29, 0.717) is 17.3 Å². The van der Waals surface area contributed by atoms with Crippen LogP contribution in [0.4, 0.5) is 5.82 Å². The highest BCUT2D eigenvalue weighted by Gasteiger charge is 2.28. The van der Waals surface area contributed by atoms with Gasteiger partial charge in [0, 0.05) is 18.5 Å². The Kier molecular flexibility index (Phi) is 3.75. The number of para-hydroxylation sites is 2. The number of hydrogen-bond donors (Lipinski definition) is 1. The molecule has 0 fully saturated rings. The summed E-state index contributed by atoms with van der Waals surface area (Å²) in [5, 5.41) is 7.31. The van der Waals surface area contributed by atoms with Crippen LogP contribution in [0, 0.1) is 0 Å². The topological polar surface area (TPSA) is 65.4 Å². The number of nitrogens with zero attached hydrogens (tertiary/aromatic N) is 2. The van der Waals surface area contributed by atoms with Crippen molar-refractivity contribution in [2.75, 3.05) is 11.9 Å². The first kappa shape index (κ1) is 15.4. The molecular formula is C17H21N3O3. The van der Waals surface area contributed by atoms with Crippen LogP contribution in [-0.4, -0.2) is 28.4 Å². The van der Waals surface area contributed by atoms with E-state index >= 15 is 0 Å². The van der Waals surface area contributed by atoms with E-state index in [0.717, 1.165) is 5.69 Å². The maximum Gasteiger partial charge on any atom is 0.270 e. The van der Waals surface area contributed by atoms with Crippen molar-refractivity contribution in [1.82, 2.24) is 9.78 Å². The molecule has 1 aromatic heterocycles. The number of ether oxygens (including phenoxy) is 2. The number of benzene rings is 1. The van der Waals surface area contributed by atoms with E-state index in [9.17, 15) is 4.79 Å². The van der Waals surface area contributed by atoms with Crippen molar-refractivity contribution in [3.8, 4) is 11.5 Å². The molecule has 3 rings (SSSR count). The number of aromatic nitrogens is 2. The van der Waals surface area contributed by atoms with E-state index in [1.54, 1.807) is 17.8 Å². The van der Waals surface area contributed by atoms with Crippen LogP contribution in [0.5, 0.6) is 11.5 Å². The van der Waals surface area contributed by atoms with Gasteiger partial charge in [-0.1, -0.05) is 32.9 Å². The van der Waals surface area contributed by atoms with Gasteiger partial charge in [-0.05, 0) is 12.1 Å². The Labute approximate surface area is 135 Å². The first-order chi connectivity index (χ1) is 10.8. The normalized spacial score (nSPS) is 17.0. The molecular weight excluding hydrogens is 294 g/mol. The van der Waals surface area contributed by atoms with Crippen molar-refractivity contribution in [1.29, 1.82) is 0 Å². The molecule has 1 amide bonds. The molecule has 23 heavy (non-hydrogen) atoms. The molecule has 1 atom stereocenters. The van der Waals surface area contributed by atoms with Gasteiger partial charge in [-0.15, -0.1) is 0 Å². The highest BCUT2D eigenvalue weighted by atomic mass is 16.6. The van der Waals surface area contributed by atoms with Crippen molar-refractivity contribution in [3.05, 3.63) is 36.0 Å². The summed E-state index contributed by atoms with van der Waals surface area (Å²) in [6, 6.07) is 9.21. The number of amides is 1. The molecule has 6 nitrogen and oxygen atoms in total. The number of carbonyl (C=O) groups excluding carboxylic acids is 1. The summed E-state index contributed by atoms with van der Waals surface area (Å²) >= 11 is 0. The molecule has 0 radical (unpaired) electrons. The highest BCUT2D eigenvalue weighted by molar-refractivity contribution is 5.94. The van der Waals surface area contributed by atoms with E-state index < -0.39 is 6.10 Å². The van der Waals surface area contributed by atoms with E-state index in [1.165, 1.54) is 0 Å². The molecule has 0 saturated heterocycles. The molecule has 122 valence electrons. The Balaban J connectivity index is 1.72. The maximum absolute atomic E-state index is 12.4. The summed E-state index contributed by atoms with van der Waals surface area (Å²) in [6.07, 6.45) is -0.683. The summed E-state index contributed by atoms with van der Waals surface area (Å²) in [4.78, 5) is 12.4. The smallest absolute Gasteiger partial charge is 0.270 e. The van der Waals surface area contributed by atoms with Crippen LogP contribution in [0.15, 0.2) is 30.3 Å². The molecule has 0 unspecified atom stereocenters. The molecule has 0 bridgehead atoms. The Hall–Kier alpha value is -2.50. The van der Waals surface area contributed by atoms with Crippen LogP contribution in [0.1, 0.15) is 26.5 Å². The summed E-state index contributed by atoms with van der Waals surface area (Å²) in [7, 11) is 1.80. The SMILES string of the molecule is Cn1nc(C(C)(C)C)cc1NC(=O)[C@H]1COc2ccccc2O1. The Bertz CT molecular complexity index is 731. The standard InChI is InChI=1S/C17H21N3O3/c1-17(2,3)14-9-15(20(4)19-14)18-16(21)13-10-22-11-7-5-6-8-12(11)23-13/h5-9,13H,10H2,1-4H3,(H,18,21)/t13-/m1/s1. The monoisotopic (exact) mass is 315 g/mol. The van der Waals surface area contributed by atoms with Crippen LogP contribution in [-0.2, 0) is 17.3 Å². The second-order valence-electron chi connectivity index (χ2n) is 6.64. The number of hydrogen-bond acceptors (Lipinski definition) is 4. The van der Waals surface area contributed by atoms with Gasteiger partial charge in [-0.3, -0.25) is 9.48 Å². The maximum atomic E-state index is 12.4. The minimum absolute atomic E-state index is 0.0792. The van der Waals surface area contributed by atoms with Gasteiger partial charge >= 0.3 is 0 Å². The highest BCUT2D eigenvalue weighted by Crippen LogP contribution is 2.31. The third-order valence-electron chi connectivity index (χ3n) is 3.70. The predicted molar refractivity (Wildman–Crippen MR) is 86.9 cm³/mol. The predicted octanol–water partition coefficient (Wildman–Crippen LogP) is 2.50. The van der Waals surface area contributed by atoms with Crippen LogP contribution < -0.4 is 14.8 Å². The molecule has 0 aliphatic carbocycles. The quantitative estimate of drug-likeness (QED) is 0.925. The average Bonchev–Trinajstić information content (AvgIpc) is 2.88. The van der Waals surface area contributed by atoms with Crippen LogP contribution in [0.3, 0.4) is 0 Å². The second-order valence-corrected chi connectivity index (χ2v) is 6.64. The Morgan fingerprint density at radius 1 is 1.30 bits per heavy atom. The van der Waals surface area contributed by atoms with E-state index in [2.05, 4.69) is 31.2 Å². The first-order valence-electron chi connectivity index (χ1n) is 7.58. The number of carbonyl (C=O) groups is 1. The minimum Gasteiger partial charge on any atom is -0.485 e. The molecule has 1 N–H and O–H groups in total. The number of rotatable bonds is 2. The first-order valence-corrected chi connectivity index (χ1v) is 7.58. The van der Waals surface area contributed by atoms with Gasteiger partial charge in [0.05, 0.1) is 5.69 Å². The number of aryl methyl sites for hydroxylation is 1. The lowest BCUT2D eigenvalue weighted by Crippen LogP contribution is -2.40. The van der Waals surface area contributed by atoms with Gasteiger partial charge in [0.1, 0.15) is 12.4 Å². The number of nitrogens with one attached hydrogen (secondary N) is 1. The van der Waals surface area contributed by atoms with Gasteiger partial charge in [-0.2, -0.15) is 5.10 Å². The third kappa shape index (κ3) is 3.16. The van der Waals surface area contributed by atoms with E-state index in [1.807, 2.05) is 24.3 Å². The minimum atomic E-state index is -0.683. The van der Waals surface area contributed by atoms with Crippen LogP contribution in [0.2, 0.25) is 0 Å². The fourth-order valence-electron chi connectivity index (χ4n) is 2.31. The van der Waals surface area contributed by atoms with Crippen LogP contribution >= 0.6 is 0 Å². The van der Waals surface area contributed by atoms with Gasteiger partial charge < -0.3 is 14.8 Å². The average molecular weight is 315 g/mol. The fourth-order valence-corrected chi connectivity index (χ4v) is 2.31. The summed E-state index contributed by atoms with van der Waals surface area (Å²) < 4.78 is 13.0. The zero-order chi connectivity index (χ0) is 16.6. The molecule has 1 aliphatic rings. The van der Waals surface area contributed by atoms with E-state index in [-0.39, 0.29) is 17.9 Å². The van der Waals surface area contributed by atoms with Gasteiger partial charge in [0.2, 0.25) is 6.10 Å². The van der Waals surface area contributed by atoms with Crippen molar-refractivity contribution in [3.63, 3.8) is 0 Å². The zero-order valence-corrected chi connectivity index (χ0v) is 13.8. The Morgan fingerprint density at radius 3 is 2.65 bits per heavy atom. The lowest BCUT2D eigenvalue weighted by Gasteiger charge is -2.25. The molecule has 1 aliphatic heterocycles. The molecule has 0 saturated carbocycles. The largest absolute Gasteiger partial charge is 0.485 e. The molecule has 0 spiro atoms. The van der Waals surface area contributed by atoms with Crippen molar-refractivity contribution in [2.45, 2.75) is 32.3 Å². The lowest BCUT2D eigenvalue weighted by atomic mass is 9.92. The number of fused-ring (bicyclic) bond motifs is 1. The van der Waals surface area contributed by atoms with Crippen molar-refractivity contribution >= 4 is 11.7 Å². The lowest BCUT2D eigenvalue weighted by molar-refractivity contribution is -0.125. The summed E-state index contributed by atoms with van der Waals surface area (Å²) in [5.41, 5.74) is 0.839. The third-order valence-corrected chi connectivity index (χ3v) is 3.70.